The minimum atomic E-state index is -0.969. The highest BCUT2D eigenvalue weighted by atomic mass is 16.2. The van der Waals surface area contributed by atoms with Gasteiger partial charge < -0.3 is 5.73 Å². The molecule has 0 spiro atoms. The van der Waals surface area contributed by atoms with Gasteiger partial charge in [0.25, 0.3) is 11.8 Å². The number of nitrogens with zero attached hydrogens (tertiary/aromatic N) is 2. The van der Waals surface area contributed by atoms with Crippen LogP contribution in [0, 0.1) is 0 Å². The van der Waals surface area contributed by atoms with Crippen LogP contribution >= 0.6 is 0 Å². The van der Waals surface area contributed by atoms with Crippen molar-refractivity contribution in [1.29, 1.82) is 0 Å². The van der Waals surface area contributed by atoms with Gasteiger partial charge in [0, 0.05) is 19.0 Å². The maximum absolute atomic E-state index is 13.3. The molecular weight excluding hydrogens is 420 g/mol. The normalized spacial score (nSPS) is 22.0. The lowest BCUT2D eigenvalue weighted by Crippen LogP contribution is -2.54. The lowest BCUT2D eigenvalue weighted by Gasteiger charge is -2.30. The summed E-state index contributed by atoms with van der Waals surface area (Å²) in [6.45, 7) is 2.82. The lowest BCUT2D eigenvalue weighted by molar-refractivity contribution is -0.136. The third kappa shape index (κ3) is 3.96. The molecule has 3 N–H and O–H groups in total. The molecule has 2 aromatic rings. The molecule has 2 fully saturated rings. The van der Waals surface area contributed by atoms with Crippen LogP contribution in [-0.4, -0.2) is 58.6 Å². The number of carbonyl (C=O) groups is 4. The van der Waals surface area contributed by atoms with Crippen LogP contribution in [0.5, 0.6) is 0 Å². The van der Waals surface area contributed by atoms with Crippen molar-refractivity contribution < 1.29 is 19.2 Å². The molecule has 8 heteroatoms. The number of imide groups is 2. The molecule has 170 valence electrons. The molecule has 1 atom stereocenters. The van der Waals surface area contributed by atoms with E-state index in [-0.39, 0.29) is 24.3 Å². The molecule has 0 radical (unpaired) electrons. The van der Waals surface area contributed by atoms with Crippen molar-refractivity contribution in [3.63, 3.8) is 0 Å². The molecule has 0 aromatic heterocycles. The highest BCUT2D eigenvalue weighted by Crippen LogP contribution is 2.35. The number of amides is 4. The molecule has 0 saturated carbocycles. The van der Waals surface area contributed by atoms with Crippen LogP contribution in [0.4, 0.5) is 0 Å². The highest BCUT2D eigenvalue weighted by Gasteiger charge is 2.45. The van der Waals surface area contributed by atoms with Gasteiger partial charge in [-0.25, -0.2) is 0 Å². The van der Waals surface area contributed by atoms with Gasteiger partial charge in [0.05, 0.1) is 11.1 Å². The van der Waals surface area contributed by atoms with Gasteiger partial charge in [-0.05, 0) is 55.1 Å². The van der Waals surface area contributed by atoms with Crippen LogP contribution < -0.4 is 11.1 Å². The summed E-state index contributed by atoms with van der Waals surface area (Å²) in [7, 11) is 0. The zero-order valence-electron chi connectivity index (χ0n) is 18.3. The summed E-state index contributed by atoms with van der Waals surface area (Å²) in [6, 6.07) is 12.5. The van der Waals surface area contributed by atoms with Gasteiger partial charge in [-0.15, -0.1) is 0 Å². The summed E-state index contributed by atoms with van der Waals surface area (Å²) in [5.74, 6) is -1.98. The van der Waals surface area contributed by atoms with Crippen molar-refractivity contribution >= 4 is 23.6 Å². The summed E-state index contributed by atoms with van der Waals surface area (Å²) in [5, 5.41) is 2.23. The molecule has 3 aliphatic rings. The first-order valence-corrected chi connectivity index (χ1v) is 11.3. The molecule has 2 saturated heterocycles. The Balaban J connectivity index is 1.39. The predicted molar refractivity (Wildman–Crippen MR) is 121 cm³/mol. The monoisotopic (exact) mass is 446 g/mol. The minimum Gasteiger partial charge on any atom is -0.328 e. The van der Waals surface area contributed by atoms with E-state index in [1.165, 1.54) is 5.56 Å². The summed E-state index contributed by atoms with van der Waals surface area (Å²) < 4.78 is 0. The van der Waals surface area contributed by atoms with Crippen molar-refractivity contribution in [3.05, 3.63) is 59.2 Å². The molecular formula is C25H26N4O4. The van der Waals surface area contributed by atoms with E-state index >= 15 is 0 Å². The van der Waals surface area contributed by atoms with E-state index in [4.69, 9.17) is 5.73 Å². The van der Waals surface area contributed by atoms with Gasteiger partial charge in [0.15, 0.2) is 0 Å². The molecule has 33 heavy (non-hydrogen) atoms. The fraction of sp³-hybridized carbons (Fsp3) is 0.360. The molecule has 5 rings (SSSR count). The molecule has 3 aliphatic heterocycles. The quantitative estimate of drug-likeness (QED) is 0.691. The number of hydrogen-bond donors (Lipinski definition) is 2. The van der Waals surface area contributed by atoms with Gasteiger partial charge in [-0.2, -0.15) is 0 Å². The van der Waals surface area contributed by atoms with E-state index in [9.17, 15) is 19.2 Å². The fourth-order valence-electron chi connectivity index (χ4n) is 4.91. The maximum atomic E-state index is 13.3. The van der Waals surface area contributed by atoms with E-state index in [0.717, 1.165) is 42.9 Å². The van der Waals surface area contributed by atoms with E-state index in [0.29, 0.717) is 17.2 Å². The van der Waals surface area contributed by atoms with Crippen molar-refractivity contribution in [2.45, 2.75) is 44.3 Å². The first kappa shape index (κ1) is 21.5. The Morgan fingerprint density at radius 1 is 0.879 bits per heavy atom. The smallest absolute Gasteiger partial charge is 0.262 e. The molecule has 1 unspecified atom stereocenters. The van der Waals surface area contributed by atoms with Crippen LogP contribution in [0.1, 0.15) is 52.0 Å². The summed E-state index contributed by atoms with van der Waals surface area (Å²) in [6.07, 6.45) is 2.25. The number of hydrogen-bond acceptors (Lipinski definition) is 6. The Kier molecular flexibility index (Phi) is 5.55. The lowest BCUT2D eigenvalue weighted by atomic mass is 9.95. The van der Waals surface area contributed by atoms with Gasteiger partial charge in [-0.3, -0.25) is 34.3 Å². The number of rotatable bonds is 4. The second-order valence-electron chi connectivity index (χ2n) is 8.99. The van der Waals surface area contributed by atoms with Crippen LogP contribution in [0.25, 0.3) is 11.1 Å². The zero-order chi connectivity index (χ0) is 23.1. The number of nitrogens with two attached hydrogens (primary N) is 1. The molecule has 4 amide bonds. The average molecular weight is 447 g/mol. The first-order chi connectivity index (χ1) is 15.9. The Bertz CT molecular complexity index is 1140. The van der Waals surface area contributed by atoms with Crippen LogP contribution in [-0.2, 0) is 16.1 Å². The number of nitrogens with one attached hydrogen (secondary N) is 1. The van der Waals surface area contributed by atoms with Crippen LogP contribution in [0.3, 0.4) is 0 Å². The Morgan fingerprint density at radius 2 is 1.58 bits per heavy atom. The van der Waals surface area contributed by atoms with E-state index in [1.54, 1.807) is 12.1 Å². The number of likely N-dealkylation sites (tertiary alicyclic amines) is 1. The van der Waals surface area contributed by atoms with Crippen LogP contribution in [0.2, 0.25) is 0 Å². The number of piperidine rings is 2. The molecule has 8 nitrogen and oxygen atoms in total. The van der Waals surface area contributed by atoms with E-state index < -0.39 is 23.8 Å². The Morgan fingerprint density at radius 3 is 2.27 bits per heavy atom. The van der Waals surface area contributed by atoms with Crippen molar-refractivity contribution in [1.82, 2.24) is 15.1 Å². The largest absolute Gasteiger partial charge is 0.328 e. The molecule has 2 aromatic carbocycles. The summed E-state index contributed by atoms with van der Waals surface area (Å²) in [5.41, 5.74) is 9.26. The van der Waals surface area contributed by atoms with Crippen molar-refractivity contribution in [2.75, 3.05) is 13.1 Å². The zero-order valence-corrected chi connectivity index (χ0v) is 18.3. The van der Waals surface area contributed by atoms with Crippen molar-refractivity contribution in [2.24, 2.45) is 5.73 Å². The number of benzene rings is 2. The predicted octanol–water partition coefficient (Wildman–Crippen LogP) is 1.68. The first-order valence-electron chi connectivity index (χ1n) is 11.3. The molecule has 3 heterocycles. The Hall–Kier alpha value is -3.36. The SMILES string of the molecule is NC1CCN(Cc2ccc(-c3cccc4c3C(=O)N(C3CCC(=O)NC3=O)C4=O)cc2)CC1. The average Bonchev–Trinajstić information content (AvgIpc) is 3.06. The summed E-state index contributed by atoms with van der Waals surface area (Å²) in [4.78, 5) is 53.6. The standard InChI is InChI=1S/C25H26N4O4/c26-17-10-12-28(13-11-17)14-15-4-6-16(7-5-15)18-2-1-3-19-22(18)25(33)29(24(19)32)20-8-9-21(30)27-23(20)31/h1-7,17,20H,8-14,26H2,(H,27,30,31). The molecule has 0 aliphatic carbocycles. The molecule has 0 bridgehead atoms. The Labute approximate surface area is 191 Å². The second-order valence-corrected chi connectivity index (χ2v) is 8.99. The minimum absolute atomic E-state index is 0.0983. The topological polar surface area (TPSA) is 113 Å². The summed E-state index contributed by atoms with van der Waals surface area (Å²) >= 11 is 0. The van der Waals surface area contributed by atoms with Gasteiger partial charge in [-0.1, -0.05) is 36.4 Å². The van der Waals surface area contributed by atoms with Gasteiger partial charge in [0.1, 0.15) is 6.04 Å². The van der Waals surface area contributed by atoms with E-state index in [2.05, 4.69) is 10.2 Å². The maximum Gasteiger partial charge on any atom is 0.262 e. The second kappa shape index (κ2) is 8.53. The van der Waals surface area contributed by atoms with Crippen molar-refractivity contribution in [3.8, 4) is 11.1 Å². The number of carbonyl (C=O) groups excluding carboxylic acids is 4. The van der Waals surface area contributed by atoms with Crippen LogP contribution in [0.15, 0.2) is 42.5 Å². The highest BCUT2D eigenvalue weighted by molar-refractivity contribution is 6.25. The third-order valence-corrected chi connectivity index (χ3v) is 6.77. The van der Waals surface area contributed by atoms with E-state index in [1.807, 2.05) is 30.3 Å². The third-order valence-electron chi connectivity index (χ3n) is 6.77. The van der Waals surface area contributed by atoms with Gasteiger partial charge in [0.2, 0.25) is 11.8 Å². The number of fused-ring (bicyclic) bond motifs is 1. The fourth-order valence-corrected chi connectivity index (χ4v) is 4.91. The van der Waals surface area contributed by atoms with Gasteiger partial charge >= 0.3 is 0 Å².